The van der Waals surface area contributed by atoms with Crippen LogP contribution in [0.1, 0.15) is 12.6 Å². The van der Waals surface area contributed by atoms with Crippen molar-refractivity contribution in [2.24, 2.45) is 7.05 Å². The number of hydrogen-bond donors (Lipinski definition) is 0. The average Bonchev–Trinajstić information content (AvgIpc) is 2.67. The summed E-state index contributed by atoms with van der Waals surface area (Å²) in [4.78, 5) is 17.4. The summed E-state index contributed by atoms with van der Waals surface area (Å²) in [6, 6.07) is 6.52. The van der Waals surface area contributed by atoms with E-state index in [2.05, 4.69) is 5.10 Å². The molecule has 0 saturated heterocycles. The van der Waals surface area contributed by atoms with Crippen LogP contribution in [0.25, 0.3) is 0 Å². The van der Waals surface area contributed by atoms with E-state index < -0.39 is 0 Å². The molecule has 1 aromatic heterocycles. The van der Waals surface area contributed by atoms with Crippen molar-refractivity contribution in [2.75, 3.05) is 5.06 Å². The number of anilines is 1. The Bertz CT molecular complexity index is 655. The molecule has 0 fully saturated rings. The lowest BCUT2D eigenvalue weighted by Gasteiger charge is -2.21. The maximum atomic E-state index is 11.8. The van der Waals surface area contributed by atoms with E-state index in [0.717, 1.165) is 10.8 Å². The molecule has 5 nitrogen and oxygen atoms in total. The molecule has 0 aliphatic carbocycles. The zero-order valence-corrected chi connectivity index (χ0v) is 12.7. The molecule has 1 heterocycles. The lowest BCUT2D eigenvalue weighted by molar-refractivity contribution is -0.120. The van der Waals surface area contributed by atoms with Gasteiger partial charge in [0.1, 0.15) is 0 Å². The zero-order chi connectivity index (χ0) is 14.9. The summed E-state index contributed by atoms with van der Waals surface area (Å²) in [7, 11) is 1.73. The van der Waals surface area contributed by atoms with E-state index in [0.29, 0.717) is 21.6 Å². The fraction of sp³-hybridized carbons (Fsp3) is 0.231. The van der Waals surface area contributed by atoms with Gasteiger partial charge >= 0.3 is 0 Å². The first-order chi connectivity index (χ1) is 9.38. The Labute approximate surface area is 126 Å². The lowest BCUT2D eigenvalue weighted by Crippen LogP contribution is -2.33. The van der Waals surface area contributed by atoms with Crippen molar-refractivity contribution in [1.29, 1.82) is 0 Å². The predicted octanol–water partition coefficient (Wildman–Crippen LogP) is 3.38. The van der Waals surface area contributed by atoms with Gasteiger partial charge in [0.2, 0.25) is 0 Å². The quantitative estimate of drug-likeness (QED) is 0.816. The molecule has 0 spiro atoms. The van der Waals surface area contributed by atoms with E-state index in [1.807, 2.05) is 6.92 Å². The Morgan fingerprint density at radius 3 is 2.55 bits per heavy atom. The van der Waals surface area contributed by atoms with Crippen LogP contribution in [0.15, 0.2) is 24.3 Å². The van der Waals surface area contributed by atoms with Gasteiger partial charge in [0.25, 0.3) is 5.91 Å². The van der Waals surface area contributed by atoms with E-state index in [9.17, 15) is 4.79 Å². The first-order valence-corrected chi connectivity index (χ1v) is 6.58. The van der Waals surface area contributed by atoms with Crippen LogP contribution in [0.2, 0.25) is 10.0 Å². The van der Waals surface area contributed by atoms with Crippen LogP contribution in [0.3, 0.4) is 0 Å². The van der Waals surface area contributed by atoms with Crippen molar-refractivity contribution in [3.05, 3.63) is 40.0 Å². The van der Waals surface area contributed by atoms with E-state index in [-0.39, 0.29) is 5.91 Å². The fourth-order valence-electron chi connectivity index (χ4n) is 1.71. The molecular formula is C13H13Cl2N3O2. The van der Waals surface area contributed by atoms with Crippen LogP contribution in [0.4, 0.5) is 5.82 Å². The minimum atomic E-state index is -0.293. The molecule has 0 atom stereocenters. The molecule has 2 rings (SSSR count). The molecule has 0 saturated carbocycles. The number of rotatable bonds is 3. The maximum Gasteiger partial charge on any atom is 0.258 e. The summed E-state index contributed by atoms with van der Waals surface area (Å²) in [6.45, 7) is 3.23. The molecule has 0 aliphatic rings. The lowest BCUT2D eigenvalue weighted by atomic mass is 10.3. The Hall–Kier alpha value is -1.72. The van der Waals surface area contributed by atoms with Crippen molar-refractivity contribution in [3.63, 3.8) is 0 Å². The third-order valence-electron chi connectivity index (χ3n) is 2.55. The fourth-order valence-corrected chi connectivity index (χ4v) is 2.15. The summed E-state index contributed by atoms with van der Waals surface area (Å²) in [5, 5.41) is 6.13. The van der Waals surface area contributed by atoms with Gasteiger partial charge in [-0.05, 0) is 25.1 Å². The van der Waals surface area contributed by atoms with Gasteiger partial charge < -0.3 is 4.84 Å². The molecule has 1 amide bonds. The van der Waals surface area contributed by atoms with Crippen molar-refractivity contribution >= 4 is 34.9 Å². The molecule has 0 bridgehead atoms. The van der Waals surface area contributed by atoms with Gasteiger partial charge in [0.15, 0.2) is 11.6 Å². The molecular weight excluding hydrogens is 301 g/mol. The number of carbonyl (C=O) groups excluding carboxylic acids is 1. The third kappa shape index (κ3) is 3.05. The monoisotopic (exact) mass is 313 g/mol. The summed E-state index contributed by atoms with van der Waals surface area (Å²) in [5.74, 6) is 0.560. The number of hydroxylamine groups is 1. The van der Waals surface area contributed by atoms with E-state index >= 15 is 0 Å². The maximum absolute atomic E-state index is 11.8. The van der Waals surface area contributed by atoms with E-state index in [1.54, 1.807) is 36.0 Å². The smallest absolute Gasteiger partial charge is 0.258 e. The van der Waals surface area contributed by atoms with Gasteiger partial charge in [-0.3, -0.25) is 4.79 Å². The Balaban J connectivity index is 2.35. The Kier molecular flexibility index (Phi) is 4.20. The summed E-state index contributed by atoms with van der Waals surface area (Å²) >= 11 is 11.9. The third-order valence-corrected chi connectivity index (χ3v) is 3.09. The van der Waals surface area contributed by atoms with E-state index in [4.69, 9.17) is 28.0 Å². The minimum absolute atomic E-state index is 0.293. The topological polar surface area (TPSA) is 47.4 Å². The first-order valence-electron chi connectivity index (χ1n) is 5.83. The number of benzene rings is 1. The van der Waals surface area contributed by atoms with Crippen LogP contribution >= 0.6 is 23.2 Å². The van der Waals surface area contributed by atoms with Crippen LogP contribution in [0.5, 0.6) is 5.75 Å². The molecule has 20 heavy (non-hydrogen) atoms. The van der Waals surface area contributed by atoms with Crippen LogP contribution < -0.4 is 9.90 Å². The highest BCUT2D eigenvalue weighted by molar-refractivity contribution is 6.35. The predicted molar refractivity (Wildman–Crippen MR) is 78.2 cm³/mol. The highest BCUT2D eigenvalue weighted by atomic mass is 35.5. The Morgan fingerprint density at radius 1 is 1.35 bits per heavy atom. The second kappa shape index (κ2) is 5.73. The summed E-state index contributed by atoms with van der Waals surface area (Å²) < 4.78 is 1.56. The molecule has 0 radical (unpaired) electrons. The molecule has 0 aliphatic heterocycles. The SMILES string of the molecule is CC(=O)N(Oc1ccc(Cl)cc1Cl)c1cc(C)nn1C. The molecule has 7 heteroatoms. The zero-order valence-electron chi connectivity index (χ0n) is 11.2. The van der Waals surface area contributed by atoms with Crippen molar-refractivity contribution < 1.29 is 9.63 Å². The van der Waals surface area contributed by atoms with Crippen molar-refractivity contribution in [2.45, 2.75) is 13.8 Å². The van der Waals surface area contributed by atoms with E-state index in [1.165, 1.54) is 6.92 Å². The number of hydrogen-bond acceptors (Lipinski definition) is 3. The highest BCUT2D eigenvalue weighted by Crippen LogP contribution is 2.29. The van der Waals surface area contributed by atoms with Crippen LogP contribution in [-0.4, -0.2) is 15.7 Å². The summed E-state index contributed by atoms with van der Waals surface area (Å²) in [6.07, 6.45) is 0. The molecule has 106 valence electrons. The number of aromatic nitrogens is 2. The molecule has 0 unspecified atom stereocenters. The minimum Gasteiger partial charge on any atom is -0.369 e. The summed E-state index contributed by atoms with van der Waals surface area (Å²) in [5.41, 5.74) is 0.777. The number of amides is 1. The molecule has 2 aromatic rings. The second-order valence-electron chi connectivity index (χ2n) is 4.25. The molecule has 0 N–H and O–H groups in total. The first kappa shape index (κ1) is 14.7. The van der Waals surface area contributed by atoms with Gasteiger partial charge in [-0.15, -0.1) is 5.06 Å². The molecule has 1 aromatic carbocycles. The largest absolute Gasteiger partial charge is 0.369 e. The van der Waals surface area contributed by atoms with Gasteiger partial charge in [-0.2, -0.15) is 5.10 Å². The average molecular weight is 314 g/mol. The van der Waals surface area contributed by atoms with Gasteiger partial charge in [0, 0.05) is 25.1 Å². The second-order valence-corrected chi connectivity index (χ2v) is 5.09. The standard InChI is InChI=1S/C13H13Cl2N3O2/c1-8-6-13(17(3)16-8)18(9(2)19)20-12-5-4-10(14)7-11(12)15/h4-7H,1-3H3. The van der Waals surface area contributed by atoms with Crippen molar-refractivity contribution in [3.8, 4) is 5.75 Å². The highest BCUT2D eigenvalue weighted by Gasteiger charge is 2.19. The number of halogens is 2. The van der Waals surface area contributed by atoms with Gasteiger partial charge in [-0.1, -0.05) is 23.2 Å². The van der Waals surface area contributed by atoms with Crippen LogP contribution in [-0.2, 0) is 11.8 Å². The van der Waals surface area contributed by atoms with Crippen molar-refractivity contribution in [1.82, 2.24) is 9.78 Å². The van der Waals surface area contributed by atoms with Crippen LogP contribution in [0, 0.1) is 6.92 Å². The Morgan fingerprint density at radius 2 is 2.05 bits per heavy atom. The normalized spacial score (nSPS) is 10.4. The van der Waals surface area contributed by atoms with Gasteiger partial charge in [-0.25, -0.2) is 4.68 Å². The number of aryl methyl sites for hydroxylation is 2. The number of carbonyl (C=O) groups is 1. The number of nitrogens with zero attached hydrogens (tertiary/aromatic N) is 3. The van der Waals surface area contributed by atoms with Gasteiger partial charge in [0.05, 0.1) is 10.7 Å².